The van der Waals surface area contributed by atoms with Crippen LogP contribution in [-0.4, -0.2) is 20.9 Å². The van der Waals surface area contributed by atoms with Gasteiger partial charge in [-0.1, -0.05) is 47.0 Å². The van der Waals surface area contributed by atoms with Crippen molar-refractivity contribution in [3.63, 3.8) is 0 Å². The van der Waals surface area contributed by atoms with Crippen molar-refractivity contribution in [1.82, 2.24) is 15.0 Å². The van der Waals surface area contributed by atoms with E-state index in [-0.39, 0.29) is 5.91 Å². The molecule has 5 rings (SSSR count). The van der Waals surface area contributed by atoms with Crippen molar-refractivity contribution < 1.29 is 9.21 Å². The molecule has 1 N–H and O–H groups in total. The highest BCUT2D eigenvalue weighted by Gasteiger charge is 2.12. The largest absolute Gasteiger partial charge is 0.457 e. The average molecular weight is 503 g/mol. The Kier molecular flexibility index (Phi) is 6.16. The topological polar surface area (TPSA) is 73.0 Å². The van der Waals surface area contributed by atoms with Crippen LogP contribution in [0.25, 0.3) is 34.1 Å². The monoisotopic (exact) mass is 502 g/mol. The highest BCUT2D eigenvalue weighted by Crippen LogP contribution is 2.34. The minimum Gasteiger partial charge on any atom is -0.457 e. The lowest BCUT2D eigenvalue weighted by molar-refractivity contribution is -0.111. The molecule has 0 spiro atoms. The van der Waals surface area contributed by atoms with Gasteiger partial charge in [0, 0.05) is 17.3 Å². The Morgan fingerprint density at radius 1 is 0.971 bits per heavy atom. The molecule has 0 saturated carbocycles. The van der Waals surface area contributed by atoms with Gasteiger partial charge < -0.3 is 9.73 Å². The Hall–Kier alpha value is -3.87. The molecule has 3 aromatic carbocycles. The first-order valence-electron chi connectivity index (χ1n) is 10.9. The van der Waals surface area contributed by atoms with E-state index in [1.54, 1.807) is 35.1 Å². The molecule has 6 nitrogen and oxygen atoms in total. The predicted molar refractivity (Wildman–Crippen MR) is 140 cm³/mol. The van der Waals surface area contributed by atoms with Gasteiger partial charge in [0.1, 0.15) is 22.6 Å². The van der Waals surface area contributed by atoms with Crippen molar-refractivity contribution >= 4 is 51.9 Å². The first-order chi connectivity index (χ1) is 16.9. The maximum atomic E-state index is 12.6. The zero-order valence-corrected chi connectivity index (χ0v) is 20.4. The summed E-state index contributed by atoms with van der Waals surface area (Å²) in [6.07, 6.45) is 3.01. The van der Waals surface area contributed by atoms with Crippen molar-refractivity contribution in [2.24, 2.45) is 0 Å². The summed E-state index contributed by atoms with van der Waals surface area (Å²) in [5.74, 6) is 0.784. The highest BCUT2D eigenvalue weighted by atomic mass is 35.5. The maximum absolute atomic E-state index is 12.6. The summed E-state index contributed by atoms with van der Waals surface area (Å²) in [7, 11) is 0. The van der Waals surface area contributed by atoms with E-state index in [9.17, 15) is 4.79 Å². The Balaban J connectivity index is 1.32. The van der Waals surface area contributed by atoms with Crippen LogP contribution in [0.5, 0.6) is 0 Å². The summed E-state index contributed by atoms with van der Waals surface area (Å²) < 4.78 is 5.81. The van der Waals surface area contributed by atoms with Crippen molar-refractivity contribution in [3.8, 4) is 17.0 Å². The van der Waals surface area contributed by atoms with Crippen LogP contribution in [0.1, 0.15) is 16.9 Å². The van der Waals surface area contributed by atoms with Crippen LogP contribution < -0.4 is 5.32 Å². The van der Waals surface area contributed by atoms with Gasteiger partial charge in [-0.2, -0.15) is 4.80 Å². The SMILES string of the molecule is Cc1ccc(-n2nc3cc(C)c(NC(=O)C=Cc4ccc(-c5cccc(Cl)c5Cl)o4)cc3n2)cc1. The molecule has 174 valence electrons. The molecule has 1 amide bonds. The van der Waals surface area contributed by atoms with E-state index < -0.39 is 0 Å². The molecule has 5 aromatic rings. The molecule has 0 atom stereocenters. The smallest absolute Gasteiger partial charge is 0.248 e. The second-order valence-electron chi connectivity index (χ2n) is 8.11. The summed E-state index contributed by atoms with van der Waals surface area (Å²) in [6.45, 7) is 3.94. The van der Waals surface area contributed by atoms with Crippen LogP contribution in [0, 0.1) is 13.8 Å². The number of aryl methyl sites for hydroxylation is 2. The van der Waals surface area contributed by atoms with Gasteiger partial charge in [0.05, 0.1) is 15.7 Å². The number of halogens is 2. The highest BCUT2D eigenvalue weighted by molar-refractivity contribution is 6.43. The molecule has 0 unspecified atom stereocenters. The molecule has 0 aliphatic heterocycles. The van der Waals surface area contributed by atoms with Crippen LogP contribution >= 0.6 is 23.2 Å². The van der Waals surface area contributed by atoms with Crippen molar-refractivity contribution in [2.75, 3.05) is 5.32 Å². The number of benzene rings is 3. The van der Waals surface area contributed by atoms with Gasteiger partial charge in [-0.05, 0) is 74.0 Å². The van der Waals surface area contributed by atoms with E-state index in [4.69, 9.17) is 27.6 Å². The Bertz CT molecular complexity index is 1580. The number of hydrogen-bond acceptors (Lipinski definition) is 4. The van der Waals surface area contributed by atoms with E-state index in [0.29, 0.717) is 38.3 Å². The van der Waals surface area contributed by atoms with Crippen LogP contribution in [0.15, 0.2) is 77.2 Å². The molecule has 35 heavy (non-hydrogen) atoms. The number of nitrogens with one attached hydrogen (secondary N) is 1. The van der Waals surface area contributed by atoms with Gasteiger partial charge in [-0.3, -0.25) is 4.79 Å². The lowest BCUT2D eigenvalue weighted by atomic mass is 10.1. The number of aromatic nitrogens is 3. The number of furan rings is 1. The first kappa shape index (κ1) is 22.9. The van der Waals surface area contributed by atoms with Crippen molar-refractivity contribution in [1.29, 1.82) is 0 Å². The number of rotatable bonds is 5. The Morgan fingerprint density at radius 2 is 1.71 bits per heavy atom. The van der Waals surface area contributed by atoms with E-state index >= 15 is 0 Å². The summed E-state index contributed by atoms with van der Waals surface area (Å²) in [6, 6.07) is 20.6. The fraction of sp³-hybridized carbons (Fsp3) is 0.0741. The molecule has 0 aliphatic rings. The molecular formula is C27H20Cl2N4O2. The molecule has 2 heterocycles. The number of hydrogen-bond donors (Lipinski definition) is 1. The van der Waals surface area contributed by atoms with E-state index in [1.807, 2.05) is 56.3 Å². The minimum absolute atomic E-state index is 0.294. The second kappa shape index (κ2) is 9.41. The number of amides is 1. The minimum atomic E-state index is -0.294. The maximum Gasteiger partial charge on any atom is 0.248 e. The van der Waals surface area contributed by atoms with E-state index in [0.717, 1.165) is 16.8 Å². The van der Waals surface area contributed by atoms with E-state index in [2.05, 4.69) is 15.5 Å². The van der Waals surface area contributed by atoms with Gasteiger partial charge >= 0.3 is 0 Å². The van der Waals surface area contributed by atoms with E-state index in [1.165, 1.54) is 11.6 Å². The first-order valence-corrected chi connectivity index (χ1v) is 11.6. The third-order valence-electron chi connectivity index (χ3n) is 5.49. The fourth-order valence-corrected chi connectivity index (χ4v) is 4.00. The third kappa shape index (κ3) is 4.85. The molecule has 0 bridgehead atoms. The third-order valence-corrected chi connectivity index (χ3v) is 6.31. The number of carbonyl (C=O) groups excluding carboxylic acids is 1. The zero-order chi connectivity index (χ0) is 24.5. The lowest BCUT2D eigenvalue weighted by Gasteiger charge is -2.05. The second-order valence-corrected chi connectivity index (χ2v) is 8.89. The summed E-state index contributed by atoms with van der Waals surface area (Å²) in [5.41, 5.74) is 5.70. The molecular weight excluding hydrogens is 483 g/mol. The van der Waals surface area contributed by atoms with Crippen molar-refractivity contribution in [2.45, 2.75) is 13.8 Å². The zero-order valence-electron chi connectivity index (χ0n) is 18.9. The van der Waals surface area contributed by atoms with Crippen LogP contribution in [-0.2, 0) is 4.79 Å². The molecule has 0 saturated heterocycles. The normalized spacial score (nSPS) is 11.4. The predicted octanol–water partition coefficient (Wildman–Crippen LogP) is 7.26. The standard InChI is InChI=1S/C27H20Cl2N4O2/c1-16-6-8-18(9-7-16)33-31-23-14-17(2)22(15-24(23)32-33)30-26(34)13-11-19-10-12-25(35-19)20-4-3-5-21(28)27(20)29/h3-15H,1-2H3,(H,30,34). The van der Waals surface area contributed by atoms with Crippen LogP contribution in [0.4, 0.5) is 5.69 Å². The van der Waals surface area contributed by atoms with Gasteiger partial charge in [-0.15, -0.1) is 10.2 Å². The van der Waals surface area contributed by atoms with Gasteiger partial charge in [0.15, 0.2) is 0 Å². The quantitative estimate of drug-likeness (QED) is 0.256. The Morgan fingerprint density at radius 3 is 2.49 bits per heavy atom. The van der Waals surface area contributed by atoms with Gasteiger partial charge in [-0.25, -0.2) is 0 Å². The summed E-state index contributed by atoms with van der Waals surface area (Å²) in [5, 5.41) is 12.9. The average Bonchev–Trinajstić information content (AvgIpc) is 3.47. The van der Waals surface area contributed by atoms with Crippen molar-refractivity contribution in [3.05, 3.63) is 99.7 Å². The van der Waals surface area contributed by atoms with Crippen LogP contribution in [0.3, 0.4) is 0 Å². The van der Waals surface area contributed by atoms with Crippen LogP contribution in [0.2, 0.25) is 10.0 Å². The fourth-order valence-electron chi connectivity index (χ4n) is 3.61. The molecule has 0 aliphatic carbocycles. The lowest BCUT2D eigenvalue weighted by Crippen LogP contribution is -2.08. The molecule has 0 fully saturated rings. The molecule has 8 heteroatoms. The number of carbonyl (C=O) groups is 1. The molecule has 2 aromatic heterocycles. The number of anilines is 1. The van der Waals surface area contributed by atoms with Gasteiger partial charge in [0.25, 0.3) is 0 Å². The number of nitrogens with zero attached hydrogens (tertiary/aromatic N) is 3. The summed E-state index contributed by atoms with van der Waals surface area (Å²) in [4.78, 5) is 14.2. The van der Waals surface area contributed by atoms with Gasteiger partial charge in [0.2, 0.25) is 5.91 Å². The summed E-state index contributed by atoms with van der Waals surface area (Å²) >= 11 is 12.4. The number of fused-ring (bicyclic) bond motifs is 1. The molecule has 0 radical (unpaired) electrons. The Labute approximate surface area is 211 Å².